The van der Waals surface area contributed by atoms with Crippen molar-refractivity contribution in [2.45, 2.75) is 25.5 Å². The minimum absolute atomic E-state index is 0.0245. The number of ether oxygens (including phenoxy) is 1. The number of fused-ring (bicyclic) bond motifs is 1. The lowest BCUT2D eigenvalue weighted by atomic mass is 10.1. The summed E-state index contributed by atoms with van der Waals surface area (Å²) in [6.45, 7) is 2.69. The maximum atomic E-state index is 13.7. The van der Waals surface area contributed by atoms with Crippen LogP contribution in [0.2, 0.25) is 0 Å². The average Bonchev–Trinajstić information content (AvgIpc) is 2.88. The van der Waals surface area contributed by atoms with Crippen molar-refractivity contribution in [2.75, 3.05) is 6.54 Å². The number of benzene rings is 2. The molecule has 1 aliphatic rings. The molecule has 0 aromatic heterocycles. The van der Waals surface area contributed by atoms with Gasteiger partial charge in [0.2, 0.25) is 0 Å². The molecular weight excluding hydrogens is 253 g/mol. The highest BCUT2D eigenvalue weighted by Gasteiger charge is 2.22. The zero-order valence-electron chi connectivity index (χ0n) is 11.5. The second-order valence-corrected chi connectivity index (χ2v) is 5.20. The molecule has 0 fully saturated rings. The summed E-state index contributed by atoms with van der Waals surface area (Å²) in [5.74, 6) is 0.806. The monoisotopic (exact) mass is 271 g/mol. The maximum Gasteiger partial charge on any atom is 0.127 e. The van der Waals surface area contributed by atoms with Gasteiger partial charge in [0, 0.05) is 24.6 Å². The number of halogens is 1. The molecular formula is C17H18FNO. The van der Waals surface area contributed by atoms with E-state index in [9.17, 15) is 4.39 Å². The number of para-hydroxylation sites is 1. The van der Waals surface area contributed by atoms with Crippen LogP contribution in [0.1, 0.15) is 24.1 Å². The zero-order chi connectivity index (χ0) is 13.9. The zero-order valence-corrected chi connectivity index (χ0v) is 11.5. The molecule has 0 spiro atoms. The molecule has 0 amide bonds. The number of hydrogen-bond acceptors (Lipinski definition) is 2. The van der Waals surface area contributed by atoms with Crippen molar-refractivity contribution < 1.29 is 9.13 Å². The van der Waals surface area contributed by atoms with Gasteiger partial charge in [0.25, 0.3) is 0 Å². The van der Waals surface area contributed by atoms with Crippen LogP contribution in [0.25, 0.3) is 0 Å². The van der Waals surface area contributed by atoms with Crippen molar-refractivity contribution in [2.24, 2.45) is 0 Å². The Kier molecular flexibility index (Phi) is 3.70. The second kappa shape index (κ2) is 5.63. The molecule has 0 aliphatic carbocycles. The maximum absolute atomic E-state index is 13.7. The summed E-state index contributed by atoms with van der Waals surface area (Å²) in [6, 6.07) is 15.0. The van der Waals surface area contributed by atoms with Crippen LogP contribution in [0.5, 0.6) is 5.75 Å². The Bertz CT molecular complexity index is 574. The Morgan fingerprint density at radius 3 is 2.75 bits per heavy atom. The fourth-order valence-electron chi connectivity index (χ4n) is 2.61. The second-order valence-electron chi connectivity index (χ2n) is 5.20. The summed E-state index contributed by atoms with van der Waals surface area (Å²) in [7, 11) is 0. The van der Waals surface area contributed by atoms with Gasteiger partial charge < -0.3 is 10.1 Å². The van der Waals surface area contributed by atoms with E-state index in [4.69, 9.17) is 4.74 Å². The summed E-state index contributed by atoms with van der Waals surface area (Å²) < 4.78 is 19.6. The smallest absolute Gasteiger partial charge is 0.127 e. The van der Waals surface area contributed by atoms with Crippen molar-refractivity contribution >= 4 is 0 Å². The molecule has 0 saturated carbocycles. The normalized spacial score (nSPS) is 18.4. The van der Waals surface area contributed by atoms with Gasteiger partial charge in [0.05, 0.1) is 0 Å². The van der Waals surface area contributed by atoms with Crippen molar-refractivity contribution in [1.82, 2.24) is 5.32 Å². The predicted molar refractivity (Wildman–Crippen MR) is 77.4 cm³/mol. The quantitative estimate of drug-likeness (QED) is 0.919. The third kappa shape index (κ3) is 2.68. The lowest BCUT2D eigenvalue weighted by molar-refractivity contribution is 0.222. The fourth-order valence-corrected chi connectivity index (χ4v) is 2.61. The van der Waals surface area contributed by atoms with Gasteiger partial charge in [0.15, 0.2) is 0 Å². The fraction of sp³-hybridized carbons (Fsp3) is 0.294. The predicted octanol–water partition coefficient (Wildman–Crippen LogP) is 3.48. The Morgan fingerprint density at radius 1 is 1.20 bits per heavy atom. The molecule has 104 valence electrons. The van der Waals surface area contributed by atoms with Crippen LogP contribution in [0.15, 0.2) is 48.5 Å². The Balaban J connectivity index is 1.58. The molecule has 2 nitrogen and oxygen atoms in total. The molecule has 2 aromatic carbocycles. The molecule has 0 radical (unpaired) electrons. The van der Waals surface area contributed by atoms with E-state index in [-0.39, 0.29) is 18.0 Å². The molecule has 3 heteroatoms. The van der Waals surface area contributed by atoms with Crippen LogP contribution in [-0.2, 0) is 6.42 Å². The molecule has 2 aromatic rings. The first-order valence-corrected chi connectivity index (χ1v) is 6.96. The van der Waals surface area contributed by atoms with Crippen LogP contribution in [0.3, 0.4) is 0 Å². The largest absolute Gasteiger partial charge is 0.488 e. The summed E-state index contributed by atoms with van der Waals surface area (Å²) in [5.41, 5.74) is 1.95. The van der Waals surface area contributed by atoms with E-state index in [1.54, 1.807) is 6.07 Å². The van der Waals surface area contributed by atoms with Gasteiger partial charge in [-0.1, -0.05) is 36.4 Å². The highest BCUT2D eigenvalue weighted by molar-refractivity contribution is 5.37. The topological polar surface area (TPSA) is 21.3 Å². The summed E-state index contributed by atoms with van der Waals surface area (Å²) in [4.78, 5) is 0. The molecule has 0 saturated heterocycles. The lowest BCUT2D eigenvalue weighted by Gasteiger charge is -2.18. The third-order valence-corrected chi connectivity index (χ3v) is 3.74. The molecule has 3 rings (SSSR count). The van der Waals surface area contributed by atoms with Gasteiger partial charge in [-0.3, -0.25) is 0 Å². The van der Waals surface area contributed by atoms with E-state index in [1.165, 1.54) is 11.6 Å². The van der Waals surface area contributed by atoms with E-state index in [1.807, 2.05) is 37.3 Å². The van der Waals surface area contributed by atoms with Gasteiger partial charge in [-0.05, 0) is 24.6 Å². The highest BCUT2D eigenvalue weighted by atomic mass is 19.1. The summed E-state index contributed by atoms with van der Waals surface area (Å²) >= 11 is 0. The van der Waals surface area contributed by atoms with E-state index in [0.717, 1.165) is 12.2 Å². The Labute approximate surface area is 118 Å². The third-order valence-electron chi connectivity index (χ3n) is 3.74. The Morgan fingerprint density at radius 2 is 1.95 bits per heavy atom. The van der Waals surface area contributed by atoms with Crippen molar-refractivity contribution in [1.29, 1.82) is 0 Å². The Hall–Kier alpha value is -1.87. The van der Waals surface area contributed by atoms with Crippen LogP contribution in [-0.4, -0.2) is 12.6 Å². The van der Waals surface area contributed by atoms with E-state index in [2.05, 4.69) is 11.4 Å². The SMILES string of the molecule is CC(NCC1Cc2ccccc2O1)c1ccccc1F. The molecule has 2 atom stereocenters. The minimum Gasteiger partial charge on any atom is -0.488 e. The first-order chi connectivity index (χ1) is 9.74. The van der Waals surface area contributed by atoms with Crippen molar-refractivity contribution in [3.05, 3.63) is 65.5 Å². The molecule has 1 N–H and O–H groups in total. The van der Waals surface area contributed by atoms with Crippen molar-refractivity contribution in [3.63, 3.8) is 0 Å². The number of rotatable bonds is 4. The van der Waals surface area contributed by atoms with Crippen LogP contribution >= 0.6 is 0 Å². The van der Waals surface area contributed by atoms with Gasteiger partial charge in [0.1, 0.15) is 17.7 Å². The van der Waals surface area contributed by atoms with Gasteiger partial charge in [-0.15, -0.1) is 0 Å². The van der Waals surface area contributed by atoms with Crippen LogP contribution in [0, 0.1) is 5.82 Å². The van der Waals surface area contributed by atoms with Crippen LogP contribution in [0.4, 0.5) is 4.39 Å². The van der Waals surface area contributed by atoms with E-state index < -0.39 is 0 Å². The first kappa shape index (κ1) is 13.1. The number of nitrogens with one attached hydrogen (secondary N) is 1. The average molecular weight is 271 g/mol. The van der Waals surface area contributed by atoms with E-state index >= 15 is 0 Å². The lowest BCUT2D eigenvalue weighted by Crippen LogP contribution is -2.32. The van der Waals surface area contributed by atoms with E-state index in [0.29, 0.717) is 12.1 Å². The van der Waals surface area contributed by atoms with Crippen molar-refractivity contribution in [3.8, 4) is 5.75 Å². The van der Waals surface area contributed by atoms with Gasteiger partial charge in [-0.25, -0.2) is 4.39 Å². The highest BCUT2D eigenvalue weighted by Crippen LogP contribution is 2.28. The van der Waals surface area contributed by atoms with Gasteiger partial charge >= 0.3 is 0 Å². The number of hydrogen-bond donors (Lipinski definition) is 1. The first-order valence-electron chi connectivity index (χ1n) is 6.96. The molecule has 0 bridgehead atoms. The molecule has 1 heterocycles. The molecule has 20 heavy (non-hydrogen) atoms. The summed E-state index contributed by atoms with van der Waals surface area (Å²) in [6.07, 6.45) is 1.04. The minimum atomic E-state index is -0.164. The standard InChI is InChI=1S/C17H18FNO/c1-12(15-7-3-4-8-16(15)18)19-11-14-10-13-6-2-5-9-17(13)20-14/h2-9,12,14,19H,10-11H2,1H3. The van der Waals surface area contributed by atoms with Crippen LogP contribution < -0.4 is 10.1 Å². The van der Waals surface area contributed by atoms with Gasteiger partial charge in [-0.2, -0.15) is 0 Å². The summed E-state index contributed by atoms with van der Waals surface area (Å²) in [5, 5.41) is 3.35. The molecule has 2 unspecified atom stereocenters. The molecule has 1 aliphatic heterocycles.